The Balaban J connectivity index is 0.000000245. The minimum absolute atomic E-state index is 0.0266. The predicted molar refractivity (Wildman–Crippen MR) is 178 cm³/mol. The maximum atomic E-state index is 12.1. The third kappa shape index (κ3) is 15.1. The fraction of sp³-hybridized carbons (Fsp3) is 0.273. The number of benzene rings is 2. The van der Waals surface area contributed by atoms with Crippen molar-refractivity contribution in [3.05, 3.63) is 94.2 Å². The molecule has 3 amide bonds. The highest BCUT2D eigenvalue weighted by Gasteiger charge is 2.30. The van der Waals surface area contributed by atoms with Crippen LogP contribution in [0.2, 0.25) is 0 Å². The first-order chi connectivity index (χ1) is 26.1. The zero-order valence-corrected chi connectivity index (χ0v) is 28.9. The lowest BCUT2D eigenvalue weighted by Gasteiger charge is -2.07. The number of Topliss-reactive ketones (excluding diaryl/α,β-unsaturated/α-hetero) is 1. The van der Waals surface area contributed by atoms with Crippen molar-refractivity contribution in [2.45, 2.75) is 32.2 Å². The smallest absolute Gasteiger partial charge is 0.355 e. The molecule has 0 unspecified atom stereocenters. The van der Waals surface area contributed by atoms with Crippen molar-refractivity contribution in [1.29, 1.82) is 0 Å². The Kier molecular flexibility index (Phi) is 15.1. The van der Waals surface area contributed by atoms with E-state index in [4.69, 9.17) is 9.05 Å². The number of halogens is 6. The van der Waals surface area contributed by atoms with Crippen LogP contribution in [-0.4, -0.2) is 83.0 Å². The SMILES string of the molecule is O=C(CNC(=O)CCNC(=O)c1cc(-c2ccccc2)on1)COC(F)(F)F.O=C(NCCc1nnc(COC(F)(F)F)s1)c1cc(-c2ccccc2)on1. The Morgan fingerprint density at radius 1 is 0.673 bits per heavy atom. The molecule has 0 saturated carbocycles. The number of ketones is 1. The van der Waals surface area contributed by atoms with Gasteiger partial charge in [-0.15, -0.1) is 36.5 Å². The van der Waals surface area contributed by atoms with Gasteiger partial charge in [-0.3, -0.25) is 28.7 Å². The molecular formula is C33H29F6N7O8S. The zero-order chi connectivity index (χ0) is 39.8. The molecule has 0 bridgehead atoms. The van der Waals surface area contributed by atoms with Gasteiger partial charge in [0.15, 0.2) is 28.7 Å². The molecule has 22 heteroatoms. The second kappa shape index (κ2) is 19.9. The first-order valence-corrected chi connectivity index (χ1v) is 16.6. The van der Waals surface area contributed by atoms with Crippen LogP contribution in [-0.2, 0) is 32.1 Å². The van der Waals surface area contributed by atoms with Gasteiger partial charge in [0.1, 0.15) is 23.2 Å². The minimum Gasteiger partial charge on any atom is -0.355 e. The van der Waals surface area contributed by atoms with Gasteiger partial charge >= 0.3 is 12.7 Å². The summed E-state index contributed by atoms with van der Waals surface area (Å²) in [4.78, 5) is 46.8. The number of alkyl halides is 6. The monoisotopic (exact) mass is 797 g/mol. The van der Waals surface area contributed by atoms with Crippen LogP contribution < -0.4 is 16.0 Å². The van der Waals surface area contributed by atoms with E-state index in [0.29, 0.717) is 22.9 Å². The maximum absolute atomic E-state index is 12.1. The fourth-order valence-corrected chi connectivity index (χ4v) is 4.84. The number of hydrogen-bond acceptors (Lipinski definition) is 13. The van der Waals surface area contributed by atoms with Gasteiger partial charge in [-0.05, 0) is 0 Å². The van der Waals surface area contributed by atoms with Crippen LogP contribution in [0.4, 0.5) is 26.3 Å². The van der Waals surface area contributed by atoms with Crippen molar-refractivity contribution in [2.24, 2.45) is 0 Å². The summed E-state index contributed by atoms with van der Waals surface area (Å²) < 4.78 is 88.6. The van der Waals surface area contributed by atoms with Gasteiger partial charge in [0, 0.05) is 49.2 Å². The maximum Gasteiger partial charge on any atom is 0.522 e. The van der Waals surface area contributed by atoms with E-state index in [2.05, 4.69) is 45.9 Å². The quantitative estimate of drug-likeness (QED) is 0.114. The van der Waals surface area contributed by atoms with E-state index in [1.807, 2.05) is 36.4 Å². The highest BCUT2D eigenvalue weighted by Crippen LogP contribution is 2.22. The Morgan fingerprint density at radius 2 is 1.18 bits per heavy atom. The molecule has 0 aliphatic carbocycles. The Labute approximate surface area is 310 Å². The van der Waals surface area contributed by atoms with E-state index in [0.717, 1.165) is 22.5 Å². The minimum atomic E-state index is -4.91. The highest BCUT2D eigenvalue weighted by atomic mass is 32.1. The molecule has 0 saturated heterocycles. The third-order valence-electron chi connectivity index (χ3n) is 6.61. The van der Waals surface area contributed by atoms with Crippen molar-refractivity contribution in [2.75, 3.05) is 26.2 Å². The van der Waals surface area contributed by atoms with Gasteiger partial charge in [-0.1, -0.05) is 82.3 Å². The highest BCUT2D eigenvalue weighted by molar-refractivity contribution is 7.11. The number of nitrogens with zero attached hydrogens (tertiary/aromatic N) is 4. The van der Waals surface area contributed by atoms with Crippen molar-refractivity contribution in [1.82, 2.24) is 36.5 Å². The van der Waals surface area contributed by atoms with E-state index in [1.165, 1.54) is 12.1 Å². The largest absolute Gasteiger partial charge is 0.522 e. The van der Waals surface area contributed by atoms with E-state index < -0.39 is 56.0 Å². The van der Waals surface area contributed by atoms with Crippen LogP contribution in [0.15, 0.2) is 81.8 Å². The molecule has 5 rings (SSSR count). The second-order valence-corrected chi connectivity index (χ2v) is 11.9. The summed E-state index contributed by atoms with van der Waals surface area (Å²) in [6.45, 7) is -2.32. The van der Waals surface area contributed by atoms with Gasteiger partial charge in [0.2, 0.25) is 5.91 Å². The Morgan fingerprint density at radius 3 is 1.71 bits per heavy atom. The van der Waals surface area contributed by atoms with E-state index in [-0.39, 0.29) is 35.9 Å². The molecule has 5 aromatic rings. The van der Waals surface area contributed by atoms with E-state index in [1.54, 1.807) is 24.3 Å². The molecule has 0 spiro atoms. The van der Waals surface area contributed by atoms with Gasteiger partial charge in [0.05, 0.1) is 6.54 Å². The average Bonchev–Trinajstić information content (AvgIpc) is 3.95. The Bertz CT molecular complexity index is 2000. The molecule has 3 aromatic heterocycles. The van der Waals surface area contributed by atoms with E-state index in [9.17, 15) is 45.5 Å². The van der Waals surface area contributed by atoms with Crippen molar-refractivity contribution < 1.29 is 64.0 Å². The molecule has 0 aliphatic rings. The number of aromatic nitrogens is 4. The third-order valence-corrected chi connectivity index (χ3v) is 7.57. The normalized spacial score (nSPS) is 11.3. The molecule has 0 fully saturated rings. The molecule has 15 nitrogen and oxygen atoms in total. The molecule has 2 aromatic carbocycles. The summed E-state index contributed by atoms with van der Waals surface area (Å²) in [5.74, 6) is -1.67. The standard InChI is InChI=1S/C17H16F3N3O5.C16H13F3N4O3S/c18-17(19,20)27-10-12(24)9-22-15(25)6-7-21-16(26)13-8-14(28-23-13)11-4-2-1-3-5-11;17-16(18,19)25-9-14-22-21-13(27-14)6-7-20-15(24)11-8-12(26-23-11)10-4-2-1-3-5-10/h1-5,8H,6-7,9-10H2,(H,21,26)(H,22,25);1-5,8H,6-7,9H2,(H,20,24). The molecule has 0 aliphatic heterocycles. The van der Waals surface area contributed by atoms with Crippen LogP contribution in [0.1, 0.15) is 37.4 Å². The molecular weight excluding hydrogens is 768 g/mol. The van der Waals surface area contributed by atoms with Gasteiger partial charge in [-0.25, -0.2) is 0 Å². The van der Waals surface area contributed by atoms with Crippen LogP contribution >= 0.6 is 11.3 Å². The summed E-state index contributed by atoms with van der Waals surface area (Å²) in [5, 5.41) is 22.6. The van der Waals surface area contributed by atoms with Crippen molar-refractivity contribution >= 4 is 34.8 Å². The van der Waals surface area contributed by atoms with Gasteiger partial charge in [0.25, 0.3) is 11.8 Å². The van der Waals surface area contributed by atoms with Crippen molar-refractivity contribution in [3.63, 3.8) is 0 Å². The predicted octanol–water partition coefficient (Wildman–Crippen LogP) is 4.89. The van der Waals surface area contributed by atoms with Crippen LogP contribution in [0.3, 0.4) is 0 Å². The molecule has 292 valence electrons. The summed E-state index contributed by atoms with van der Waals surface area (Å²) >= 11 is 0.990. The number of carbonyl (C=O) groups excluding carboxylic acids is 4. The molecule has 55 heavy (non-hydrogen) atoms. The second-order valence-electron chi connectivity index (χ2n) is 10.8. The zero-order valence-electron chi connectivity index (χ0n) is 28.1. The topological polar surface area (TPSA) is 201 Å². The number of rotatable bonds is 16. The first-order valence-electron chi connectivity index (χ1n) is 15.8. The molecule has 3 N–H and O–H groups in total. The van der Waals surface area contributed by atoms with E-state index >= 15 is 0 Å². The van der Waals surface area contributed by atoms with Crippen LogP contribution in [0.5, 0.6) is 0 Å². The van der Waals surface area contributed by atoms with Gasteiger partial charge in [-0.2, -0.15) is 0 Å². The average molecular weight is 798 g/mol. The van der Waals surface area contributed by atoms with Gasteiger partial charge < -0.3 is 25.0 Å². The lowest BCUT2D eigenvalue weighted by molar-refractivity contribution is -0.330. The summed E-state index contributed by atoms with van der Waals surface area (Å²) in [7, 11) is 0. The number of nitrogens with one attached hydrogen (secondary N) is 3. The van der Waals surface area contributed by atoms with Crippen LogP contribution in [0, 0.1) is 0 Å². The lowest BCUT2D eigenvalue weighted by atomic mass is 10.1. The molecule has 3 heterocycles. The van der Waals surface area contributed by atoms with Crippen LogP contribution in [0.25, 0.3) is 22.6 Å². The number of ether oxygens (including phenoxy) is 2. The number of amides is 3. The van der Waals surface area contributed by atoms with Crippen molar-refractivity contribution in [3.8, 4) is 22.6 Å². The summed E-state index contributed by atoms with van der Waals surface area (Å²) in [5.41, 5.74) is 1.70. The first kappa shape index (κ1) is 41.8. The number of carbonyl (C=O) groups is 4. The summed E-state index contributed by atoms with van der Waals surface area (Å²) in [6, 6.07) is 21.2. The lowest BCUT2D eigenvalue weighted by Crippen LogP contribution is -2.35. The molecule has 0 atom stereocenters. The fourth-order valence-electron chi connectivity index (χ4n) is 4.09. The number of hydrogen-bond donors (Lipinski definition) is 3. The summed E-state index contributed by atoms with van der Waals surface area (Å²) in [6.07, 6.45) is -9.48. The molecule has 0 radical (unpaired) electrons. The Hall–Kier alpha value is -6.00.